The molecule has 20 heavy (non-hydrogen) atoms. The number of aldehydes is 1. The van der Waals surface area contributed by atoms with Gasteiger partial charge < -0.3 is 4.98 Å². The van der Waals surface area contributed by atoms with Crippen LogP contribution in [0.2, 0.25) is 10.0 Å². The molecular formula is C15H8Cl2FNO. The third-order valence-corrected chi connectivity index (χ3v) is 3.55. The maximum Gasteiger partial charge on any atom is 0.152 e. The molecule has 0 spiro atoms. The number of nitrogens with one attached hydrogen (secondary N) is 1. The SMILES string of the molecule is O=Cc1c(-c2cccc(Cl)c2)[nH]c2c(F)cc(Cl)cc12. The van der Waals surface area contributed by atoms with Crippen LogP contribution in [0.3, 0.4) is 0 Å². The second kappa shape index (κ2) is 4.93. The van der Waals surface area contributed by atoms with E-state index in [1.54, 1.807) is 30.3 Å². The van der Waals surface area contributed by atoms with Crippen molar-refractivity contribution in [1.82, 2.24) is 4.98 Å². The monoisotopic (exact) mass is 307 g/mol. The van der Waals surface area contributed by atoms with Crippen LogP contribution in [0.25, 0.3) is 22.2 Å². The van der Waals surface area contributed by atoms with E-state index >= 15 is 0 Å². The Hall–Kier alpha value is -1.84. The standard InChI is InChI=1S/C15H8Cl2FNO/c16-9-3-1-2-8(4-9)14-12(7-20)11-5-10(17)6-13(18)15(11)19-14/h1-7,19H. The Morgan fingerprint density at radius 2 is 1.90 bits per heavy atom. The van der Waals surface area contributed by atoms with Crippen molar-refractivity contribution in [1.29, 1.82) is 0 Å². The summed E-state index contributed by atoms with van der Waals surface area (Å²) in [7, 11) is 0. The molecule has 2 aromatic carbocycles. The molecule has 0 aliphatic heterocycles. The first-order chi connectivity index (χ1) is 9.60. The summed E-state index contributed by atoms with van der Waals surface area (Å²) in [4.78, 5) is 14.3. The number of hydrogen-bond donors (Lipinski definition) is 1. The molecule has 0 saturated heterocycles. The lowest BCUT2D eigenvalue weighted by Gasteiger charge is -2.00. The average molecular weight is 308 g/mol. The molecule has 5 heteroatoms. The van der Waals surface area contributed by atoms with Gasteiger partial charge in [-0.3, -0.25) is 4.79 Å². The van der Waals surface area contributed by atoms with E-state index in [-0.39, 0.29) is 10.5 Å². The van der Waals surface area contributed by atoms with Gasteiger partial charge in [0.2, 0.25) is 0 Å². The molecule has 0 amide bonds. The van der Waals surface area contributed by atoms with Gasteiger partial charge in [0.05, 0.1) is 11.2 Å². The molecule has 0 aliphatic carbocycles. The van der Waals surface area contributed by atoms with Crippen LogP contribution in [0.15, 0.2) is 36.4 Å². The van der Waals surface area contributed by atoms with Crippen LogP contribution in [0.5, 0.6) is 0 Å². The Kier molecular flexibility index (Phi) is 3.24. The molecule has 3 aromatic rings. The molecule has 0 radical (unpaired) electrons. The molecule has 0 aliphatic rings. The van der Waals surface area contributed by atoms with Gasteiger partial charge in [-0.2, -0.15) is 0 Å². The number of aromatic amines is 1. The van der Waals surface area contributed by atoms with Gasteiger partial charge in [0, 0.05) is 26.6 Å². The highest BCUT2D eigenvalue weighted by Crippen LogP contribution is 2.33. The highest BCUT2D eigenvalue weighted by atomic mass is 35.5. The fraction of sp³-hybridized carbons (Fsp3) is 0. The van der Waals surface area contributed by atoms with Crippen LogP contribution in [0.1, 0.15) is 10.4 Å². The molecule has 0 bridgehead atoms. The Morgan fingerprint density at radius 3 is 2.60 bits per heavy atom. The third-order valence-electron chi connectivity index (χ3n) is 3.10. The van der Waals surface area contributed by atoms with Crippen LogP contribution < -0.4 is 0 Å². The van der Waals surface area contributed by atoms with Gasteiger partial charge in [0.1, 0.15) is 5.82 Å². The van der Waals surface area contributed by atoms with Crippen LogP contribution in [-0.4, -0.2) is 11.3 Å². The summed E-state index contributed by atoms with van der Waals surface area (Å²) in [6.07, 6.45) is 0.685. The largest absolute Gasteiger partial charge is 0.352 e. The molecule has 2 nitrogen and oxygen atoms in total. The minimum atomic E-state index is -0.496. The maximum atomic E-state index is 13.9. The fourth-order valence-electron chi connectivity index (χ4n) is 2.23. The molecular weight excluding hydrogens is 300 g/mol. The molecule has 0 fully saturated rings. The fourth-order valence-corrected chi connectivity index (χ4v) is 2.63. The van der Waals surface area contributed by atoms with Gasteiger partial charge in [0.25, 0.3) is 0 Å². The summed E-state index contributed by atoms with van der Waals surface area (Å²) in [6, 6.07) is 9.76. The number of aromatic nitrogens is 1. The zero-order valence-electron chi connectivity index (χ0n) is 10.1. The predicted molar refractivity (Wildman–Crippen MR) is 79.1 cm³/mol. The van der Waals surface area contributed by atoms with Crippen molar-refractivity contribution in [2.24, 2.45) is 0 Å². The molecule has 0 unspecified atom stereocenters. The van der Waals surface area contributed by atoms with Crippen molar-refractivity contribution in [3.8, 4) is 11.3 Å². The van der Waals surface area contributed by atoms with E-state index in [2.05, 4.69) is 4.98 Å². The normalized spacial score (nSPS) is 10.9. The summed E-state index contributed by atoms with van der Waals surface area (Å²) in [5.74, 6) is -0.496. The number of H-pyrrole nitrogens is 1. The topological polar surface area (TPSA) is 32.9 Å². The second-order valence-electron chi connectivity index (χ2n) is 4.35. The Morgan fingerprint density at radius 1 is 1.10 bits per heavy atom. The number of benzene rings is 2. The number of halogens is 3. The summed E-state index contributed by atoms with van der Waals surface area (Å²) < 4.78 is 13.9. The van der Waals surface area contributed by atoms with Gasteiger partial charge in [-0.05, 0) is 24.3 Å². The van der Waals surface area contributed by atoms with E-state index in [1.165, 1.54) is 6.07 Å². The number of fused-ring (bicyclic) bond motifs is 1. The van der Waals surface area contributed by atoms with Gasteiger partial charge in [-0.1, -0.05) is 35.3 Å². The zero-order chi connectivity index (χ0) is 14.3. The summed E-state index contributed by atoms with van der Waals surface area (Å²) in [5.41, 5.74) is 1.86. The van der Waals surface area contributed by atoms with Crippen molar-refractivity contribution in [2.45, 2.75) is 0 Å². The van der Waals surface area contributed by atoms with Crippen molar-refractivity contribution in [3.63, 3.8) is 0 Å². The molecule has 1 aromatic heterocycles. The van der Waals surface area contributed by atoms with Crippen molar-refractivity contribution >= 4 is 40.4 Å². The zero-order valence-corrected chi connectivity index (χ0v) is 11.6. The van der Waals surface area contributed by atoms with Crippen molar-refractivity contribution in [3.05, 3.63) is 57.8 Å². The van der Waals surface area contributed by atoms with E-state index in [4.69, 9.17) is 23.2 Å². The minimum absolute atomic E-state index is 0.245. The summed E-state index contributed by atoms with van der Waals surface area (Å²) >= 11 is 11.8. The Labute approximate surface area is 124 Å². The Bertz CT molecular complexity index is 826. The first-order valence-electron chi connectivity index (χ1n) is 5.82. The number of rotatable bonds is 2. The first kappa shape index (κ1) is 13.2. The smallest absolute Gasteiger partial charge is 0.152 e. The van der Waals surface area contributed by atoms with Crippen molar-refractivity contribution < 1.29 is 9.18 Å². The second-order valence-corrected chi connectivity index (χ2v) is 5.22. The molecule has 1 N–H and O–H groups in total. The predicted octanol–water partition coefficient (Wildman–Crippen LogP) is 5.09. The van der Waals surface area contributed by atoms with E-state index < -0.39 is 5.82 Å². The van der Waals surface area contributed by atoms with E-state index in [9.17, 15) is 9.18 Å². The van der Waals surface area contributed by atoms with Crippen molar-refractivity contribution in [2.75, 3.05) is 0 Å². The van der Waals surface area contributed by atoms with Gasteiger partial charge in [-0.25, -0.2) is 4.39 Å². The molecule has 0 saturated carbocycles. The molecule has 100 valence electrons. The van der Waals surface area contributed by atoms with Gasteiger partial charge >= 0.3 is 0 Å². The summed E-state index contributed by atoms with van der Waals surface area (Å²) in [5, 5.41) is 1.24. The lowest BCUT2D eigenvalue weighted by molar-refractivity contribution is 0.112. The first-order valence-corrected chi connectivity index (χ1v) is 6.57. The van der Waals surface area contributed by atoms with E-state index in [0.29, 0.717) is 33.5 Å². The van der Waals surface area contributed by atoms with Crippen LogP contribution in [0.4, 0.5) is 4.39 Å². The van der Waals surface area contributed by atoms with Crippen LogP contribution >= 0.6 is 23.2 Å². The van der Waals surface area contributed by atoms with E-state index in [1.807, 2.05) is 0 Å². The maximum absolute atomic E-state index is 13.9. The van der Waals surface area contributed by atoms with Gasteiger partial charge in [-0.15, -0.1) is 0 Å². The molecule has 1 heterocycles. The number of carbonyl (C=O) groups excluding carboxylic acids is 1. The lowest BCUT2D eigenvalue weighted by atomic mass is 10.1. The summed E-state index contributed by atoms with van der Waals surface area (Å²) in [6.45, 7) is 0. The quantitative estimate of drug-likeness (QED) is 0.657. The third kappa shape index (κ3) is 2.09. The highest BCUT2D eigenvalue weighted by molar-refractivity contribution is 6.32. The number of carbonyl (C=O) groups is 1. The molecule has 0 atom stereocenters. The Balaban J connectivity index is 2.37. The average Bonchev–Trinajstić information content (AvgIpc) is 2.77. The van der Waals surface area contributed by atoms with E-state index in [0.717, 1.165) is 0 Å². The van der Waals surface area contributed by atoms with Crippen LogP contribution in [0, 0.1) is 5.82 Å². The van der Waals surface area contributed by atoms with Crippen LogP contribution in [-0.2, 0) is 0 Å². The highest BCUT2D eigenvalue weighted by Gasteiger charge is 2.16. The van der Waals surface area contributed by atoms with Gasteiger partial charge in [0.15, 0.2) is 6.29 Å². The lowest BCUT2D eigenvalue weighted by Crippen LogP contribution is -1.84. The number of hydrogen-bond acceptors (Lipinski definition) is 1. The molecule has 3 rings (SSSR count). The minimum Gasteiger partial charge on any atom is -0.352 e.